The van der Waals surface area contributed by atoms with Crippen molar-refractivity contribution >= 4 is 0 Å². The lowest BCUT2D eigenvalue weighted by Crippen LogP contribution is -2.33. The van der Waals surface area contributed by atoms with Crippen LogP contribution in [0.5, 0.6) is 0 Å². The highest BCUT2D eigenvalue weighted by atomic mass is 19.1. The molecule has 0 heterocycles. The van der Waals surface area contributed by atoms with Crippen molar-refractivity contribution in [3.05, 3.63) is 34.6 Å². The minimum absolute atomic E-state index is 0.143. The number of rotatable bonds is 2. The first-order valence-corrected chi connectivity index (χ1v) is 7.34. The van der Waals surface area contributed by atoms with Crippen LogP contribution < -0.4 is 5.32 Å². The average molecular weight is 265 g/mol. The molecule has 1 aromatic carbocycles. The Labute approximate surface area is 115 Å². The van der Waals surface area contributed by atoms with Crippen molar-refractivity contribution in [1.82, 2.24) is 5.32 Å². The van der Waals surface area contributed by atoms with Crippen LogP contribution in [0.3, 0.4) is 0 Å². The zero-order valence-electron chi connectivity index (χ0n) is 12.1. The summed E-state index contributed by atoms with van der Waals surface area (Å²) in [6, 6.07) is 3.89. The molecule has 2 aliphatic rings. The first-order chi connectivity index (χ1) is 9.12. The minimum Gasteiger partial charge on any atom is -0.385 e. The first kappa shape index (κ1) is 14.5. The second-order valence-electron chi connectivity index (χ2n) is 5.37. The quantitative estimate of drug-likeness (QED) is 0.861. The van der Waals surface area contributed by atoms with Gasteiger partial charge < -0.3 is 10.4 Å². The molecular formula is C16H24FNO. The maximum Gasteiger partial charge on any atom is 0.127 e. The number of likely N-dealkylation sites (N-methyl/N-ethyl adjacent to an activating group) is 1. The number of fused-ring (bicyclic) bond motifs is 1. The van der Waals surface area contributed by atoms with Crippen molar-refractivity contribution in [2.75, 3.05) is 7.05 Å². The van der Waals surface area contributed by atoms with Crippen molar-refractivity contribution in [2.24, 2.45) is 0 Å². The molecule has 1 unspecified atom stereocenters. The van der Waals surface area contributed by atoms with E-state index in [1.165, 1.54) is 6.07 Å². The van der Waals surface area contributed by atoms with Gasteiger partial charge >= 0.3 is 0 Å². The van der Waals surface area contributed by atoms with E-state index in [4.69, 9.17) is 0 Å². The summed E-state index contributed by atoms with van der Waals surface area (Å²) in [4.78, 5) is 0. The van der Waals surface area contributed by atoms with Crippen LogP contribution in [0.1, 0.15) is 49.8 Å². The van der Waals surface area contributed by atoms with E-state index in [1.807, 2.05) is 27.0 Å². The maximum absolute atomic E-state index is 14.0. The molecular weight excluding hydrogens is 241 g/mol. The van der Waals surface area contributed by atoms with Gasteiger partial charge in [0.15, 0.2) is 0 Å². The molecule has 2 aliphatic carbocycles. The summed E-state index contributed by atoms with van der Waals surface area (Å²) in [6.07, 6.45) is 4.19. The Morgan fingerprint density at radius 2 is 1.95 bits per heavy atom. The topological polar surface area (TPSA) is 32.3 Å². The van der Waals surface area contributed by atoms with Crippen molar-refractivity contribution in [3.63, 3.8) is 0 Å². The van der Waals surface area contributed by atoms with Gasteiger partial charge in [-0.25, -0.2) is 4.39 Å². The fourth-order valence-corrected chi connectivity index (χ4v) is 2.96. The number of hydrogen-bond acceptors (Lipinski definition) is 2. The third-order valence-electron chi connectivity index (χ3n) is 4.33. The van der Waals surface area contributed by atoms with Crippen molar-refractivity contribution in [3.8, 4) is 0 Å². The monoisotopic (exact) mass is 265 g/mol. The van der Waals surface area contributed by atoms with E-state index in [-0.39, 0.29) is 5.82 Å². The van der Waals surface area contributed by atoms with Crippen LogP contribution in [0.25, 0.3) is 0 Å². The number of benzene rings is 1. The number of halogens is 1. The third kappa shape index (κ3) is 2.54. The van der Waals surface area contributed by atoms with Gasteiger partial charge in [-0.15, -0.1) is 0 Å². The standard InChI is InChI=1S/C14H18FNO.C2H6/c1-16-11-6-9-5-10(14(17)3-2-4-14)7-13(15)12(9)8-11;1-2/h5,7,11,16-17H,2-4,6,8H2,1H3;1-2H3. The number of nitrogens with one attached hydrogen (secondary N) is 1. The molecule has 19 heavy (non-hydrogen) atoms. The zero-order valence-corrected chi connectivity index (χ0v) is 12.1. The van der Waals surface area contributed by atoms with E-state index in [2.05, 4.69) is 5.32 Å². The summed E-state index contributed by atoms with van der Waals surface area (Å²) in [7, 11) is 1.91. The molecule has 106 valence electrons. The van der Waals surface area contributed by atoms with E-state index >= 15 is 0 Å². The van der Waals surface area contributed by atoms with Gasteiger partial charge in [-0.2, -0.15) is 0 Å². The molecule has 2 nitrogen and oxygen atoms in total. The predicted molar refractivity (Wildman–Crippen MR) is 75.8 cm³/mol. The summed E-state index contributed by atoms with van der Waals surface area (Å²) in [5.74, 6) is -0.143. The molecule has 0 bridgehead atoms. The van der Waals surface area contributed by atoms with Crippen LogP contribution in [-0.2, 0) is 18.4 Å². The number of hydrogen-bond donors (Lipinski definition) is 2. The fraction of sp³-hybridized carbons (Fsp3) is 0.625. The highest BCUT2D eigenvalue weighted by Crippen LogP contribution is 2.42. The lowest BCUT2D eigenvalue weighted by atomic mass is 9.74. The van der Waals surface area contributed by atoms with Gasteiger partial charge in [0.1, 0.15) is 5.82 Å². The lowest BCUT2D eigenvalue weighted by Gasteiger charge is -2.37. The van der Waals surface area contributed by atoms with E-state index in [0.29, 0.717) is 6.04 Å². The summed E-state index contributed by atoms with van der Waals surface area (Å²) in [6.45, 7) is 4.00. The van der Waals surface area contributed by atoms with Gasteiger partial charge in [0.05, 0.1) is 5.60 Å². The normalized spacial score (nSPS) is 23.1. The van der Waals surface area contributed by atoms with Crippen LogP contribution in [0.2, 0.25) is 0 Å². The van der Waals surface area contributed by atoms with Crippen LogP contribution in [0, 0.1) is 5.82 Å². The number of aliphatic hydroxyl groups is 1. The summed E-state index contributed by atoms with van der Waals surface area (Å²) < 4.78 is 14.0. The molecule has 3 heteroatoms. The van der Waals surface area contributed by atoms with Crippen molar-refractivity contribution < 1.29 is 9.50 Å². The molecule has 1 atom stereocenters. The van der Waals surface area contributed by atoms with Gasteiger partial charge in [0.2, 0.25) is 0 Å². The highest BCUT2D eigenvalue weighted by Gasteiger charge is 2.38. The molecule has 0 spiro atoms. The Balaban J connectivity index is 0.000000637. The van der Waals surface area contributed by atoms with E-state index in [9.17, 15) is 9.50 Å². The van der Waals surface area contributed by atoms with E-state index in [1.54, 1.807) is 0 Å². The van der Waals surface area contributed by atoms with Crippen LogP contribution in [-0.4, -0.2) is 18.2 Å². The van der Waals surface area contributed by atoms with Crippen molar-refractivity contribution in [2.45, 2.75) is 57.6 Å². The molecule has 3 rings (SSSR count). The Hall–Kier alpha value is -0.930. The lowest BCUT2D eigenvalue weighted by molar-refractivity contribution is -0.0390. The summed E-state index contributed by atoms with van der Waals surface area (Å²) in [5, 5.41) is 13.5. The van der Waals surface area contributed by atoms with Gasteiger partial charge in [-0.3, -0.25) is 0 Å². The Bertz CT molecular complexity index is 454. The SMILES string of the molecule is CC.CNC1Cc2cc(C3(O)CCC3)cc(F)c2C1. The third-order valence-corrected chi connectivity index (χ3v) is 4.33. The van der Waals surface area contributed by atoms with Gasteiger partial charge in [0.25, 0.3) is 0 Å². The second-order valence-corrected chi connectivity index (χ2v) is 5.37. The molecule has 0 amide bonds. The smallest absolute Gasteiger partial charge is 0.127 e. The Morgan fingerprint density at radius 3 is 2.47 bits per heavy atom. The molecule has 1 aromatic rings. The molecule has 1 saturated carbocycles. The van der Waals surface area contributed by atoms with Gasteiger partial charge in [0, 0.05) is 6.04 Å². The molecule has 0 saturated heterocycles. The fourth-order valence-electron chi connectivity index (χ4n) is 2.96. The molecule has 1 fully saturated rings. The minimum atomic E-state index is -0.756. The van der Waals surface area contributed by atoms with E-state index < -0.39 is 5.60 Å². The van der Waals surface area contributed by atoms with Crippen molar-refractivity contribution in [1.29, 1.82) is 0 Å². The van der Waals surface area contributed by atoms with Gasteiger partial charge in [-0.05, 0) is 61.9 Å². The van der Waals surface area contributed by atoms with Crippen LogP contribution in [0.15, 0.2) is 12.1 Å². The van der Waals surface area contributed by atoms with E-state index in [0.717, 1.165) is 48.8 Å². The largest absolute Gasteiger partial charge is 0.385 e. The highest BCUT2D eigenvalue weighted by molar-refractivity contribution is 5.41. The van der Waals surface area contributed by atoms with Crippen LogP contribution in [0.4, 0.5) is 4.39 Å². The average Bonchev–Trinajstić information content (AvgIpc) is 2.82. The first-order valence-electron chi connectivity index (χ1n) is 7.34. The Kier molecular flexibility index (Phi) is 4.26. The molecule has 0 radical (unpaired) electrons. The molecule has 2 N–H and O–H groups in total. The summed E-state index contributed by atoms with van der Waals surface area (Å²) in [5.41, 5.74) is 1.92. The van der Waals surface area contributed by atoms with Crippen LogP contribution >= 0.6 is 0 Å². The zero-order chi connectivity index (χ0) is 14.0. The summed E-state index contributed by atoms with van der Waals surface area (Å²) >= 11 is 0. The molecule has 0 aliphatic heterocycles. The maximum atomic E-state index is 14.0. The Morgan fingerprint density at radius 1 is 1.26 bits per heavy atom. The second kappa shape index (κ2) is 5.59. The van der Waals surface area contributed by atoms with Gasteiger partial charge in [-0.1, -0.05) is 19.9 Å². The predicted octanol–water partition coefficient (Wildman–Crippen LogP) is 2.91. The molecule has 0 aromatic heterocycles.